The van der Waals surface area contributed by atoms with Crippen molar-refractivity contribution in [3.63, 3.8) is 0 Å². The number of anilines is 1. The predicted molar refractivity (Wildman–Crippen MR) is 65.6 cm³/mol. The average Bonchev–Trinajstić information content (AvgIpc) is 2.29. The van der Waals surface area contributed by atoms with Crippen molar-refractivity contribution in [3.8, 4) is 0 Å². The van der Waals surface area contributed by atoms with E-state index in [0.29, 0.717) is 6.61 Å². The second-order valence-electron chi connectivity index (χ2n) is 3.57. The van der Waals surface area contributed by atoms with E-state index in [4.69, 9.17) is 4.74 Å². The molecule has 3 nitrogen and oxygen atoms in total. The summed E-state index contributed by atoms with van der Waals surface area (Å²) in [5.41, 5.74) is 2.27. The van der Waals surface area contributed by atoms with Crippen molar-refractivity contribution in [2.24, 2.45) is 0 Å². The van der Waals surface area contributed by atoms with Gasteiger partial charge in [0.1, 0.15) is 6.54 Å². The molecule has 0 heterocycles. The Balaban J connectivity index is 2.55. The minimum absolute atomic E-state index is 0.214. The summed E-state index contributed by atoms with van der Waals surface area (Å²) < 4.78 is 4.86. The molecule has 0 aliphatic heterocycles. The molecule has 1 aromatic rings. The first-order chi connectivity index (χ1) is 7.77. The van der Waals surface area contributed by atoms with Crippen molar-refractivity contribution >= 4 is 11.7 Å². The molecular formula is C13H19NO2. The Hall–Kier alpha value is -1.51. The van der Waals surface area contributed by atoms with E-state index in [2.05, 4.69) is 18.3 Å². The van der Waals surface area contributed by atoms with Crippen LogP contribution in [0.2, 0.25) is 0 Å². The molecule has 1 rings (SSSR count). The number of benzene rings is 1. The van der Waals surface area contributed by atoms with E-state index >= 15 is 0 Å². The van der Waals surface area contributed by atoms with E-state index in [0.717, 1.165) is 18.5 Å². The molecule has 0 saturated carbocycles. The van der Waals surface area contributed by atoms with E-state index in [1.54, 1.807) is 0 Å². The number of carbonyl (C=O) groups is 1. The maximum atomic E-state index is 11.2. The third kappa shape index (κ3) is 3.93. The van der Waals surface area contributed by atoms with Crippen LogP contribution in [0.3, 0.4) is 0 Å². The molecule has 0 aliphatic carbocycles. The first-order valence-electron chi connectivity index (χ1n) is 5.75. The average molecular weight is 221 g/mol. The molecule has 1 aromatic carbocycles. The zero-order chi connectivity index (χ0) is 11.8. The van der Waals surface area contributed by atoms with Gasteiger partial charge in [-0.1, -0.05) is 31.5 Å². The van der Waals surface area contributed by atoms with Gasteiger partial charge in [0.15, 0.2) is 0 Å². The van der Waals surface area contributed by atoms with Crippen LogP contribution in [0, 0.1) is 0 Å². The lowest BCUT2D eigenvalue weighted by atomic mass is 10.1. The maximum Gasteiger partial charge on any atom is 0.325 e. The number of aryl methyl sites for hydroxylation is 1. The summed E-state index contributed by atoms with van der Waals surface area (Å²) in [6.45, 7) is 4.61. The third-order valence-corrected chi connectivity index (χ3v) is 2.27. The number of rotatable bonds is 6. The van der Waals surface area contributed by atoms with Crippen molar-refractivity contribution in [1.82, 2.24) is 0 Å². The Kier molecular flexibility index (Phi) is 5.40. The highest BCUT2D eigenvalue weighted by atomic mass is 16.5. The van der Waals surface area contributed by atoms with Crippen LogP contribution in [0.4, 0.5) is 5.69 Å². The van der Waals surface area contributed by atoms with Crippen LogP contribution < -0.4 is 5.32 Å². The Labute approximate surface area is 96.8 Å². The summed E-state index contributed by atoms with van der Waals surface area (Å²) >= 11 is 0. The number of nitrogens with one attached hydrogen (secondary N) is 1. The summed E-state index contributed by atoms with van der Waals surface area (Å²) in [5, 5.41) is 3.11. The van der Waals surface area contributed by atoms with Gasteiger partial charge < -0.3 is 10.1 Å². The van der Waals surface area contributed by atoms with Crippen LogP contribution in [0.1, 0.15) is 25.8 Å². The first kappa shape index (κ1) is 12.6. The van der Waals surface area contributed by atoms with E-state index in [9.17, 15) is 4.79 Å². The van der Waals surface area contributed by atoms with Crippen molar-refractivity contribution in [3.05, 3.63) is 29.8 Å². The summed E-state index contributed by atoms with van der Waals surface area (Å²) in [5.74, 6) is -0.214. The molecule has 88 valence electrons. The van der Waals surface area contributed by atoms with Gasteiger partial charge in [0.05, 0.1) is 6.61 Å². The second-order valence-corrected chi connectivity index (χ2v) is 3.57. The van der Waals surface area contributed by atoms with E-state index in [-0.39, 0.29) is 12.5 Å². The van der Waals surface area contributed by atoms with Crippen LogP contribution in [0.15, 0.2) is 24.3 Å². The van der Waals surface area contributed by atoms with Crippen LogP contribution in [-0.4, -0.2) is 19.1 Å². The van der Waals surface area contributed by atoms with Crippen molar-refractivity contribution < 1.29 is 9.53 Å². The first-order valence-corrected chi connectivity index (χ1v) is 5.75. The van der Waals surface area contributed by atoms with Gasteiger partial charge in [-0.2, -0.15) is 0 Å². The van der Waals surface area contributed by atoms with Crippen molar-refractivity contribution in [2.75, 3.05) is 18.5 Å². The molecular weight excluding hydrogens is 202 g/mol. The summed E-state index contributed by atoms with van der Waals surface area (Å²) in [7, 11) is 0. The number of hydrogen-bond acceptors (Lipinski definition) is 3. The molecule has 0 aromatic heterocycles. The highest BCUT2D eigenvalue weighted by molar-refractivity contribution is 5.75. The molecule has 0 amide bonds. The molecule has 0 spiro atoms. The quantitative estimate of drug-likeness (QED) is 0.750. The third-order valence-electron chi connectivity index (χ3n) is 2.27. The van der Waals surface area contributed by atoms with Crippen LogP contribution in [-0.2, 0) is 16.0 Å². The van der Waals surface area contributed by atoms with E-state index in [1.807, 2.05) is 25.1 Å². The van der Waals surface area contributed by atoms with E-state index < -0.39 is 0 Å². The van der Waals surface area contributed by atoms with Crippen molar-refractivity contribution in [2.45, 2.75) is 26.7 Å². The lowest BCUT2D eigenvalue weighted by molar-refractivity contribution is -0.140. The number of carbonyl (C=O) groups excluding carboxylic acids is 1. The fourth-order valence-corrected chi connectivity index (χ4v) is 1.56. The number of esters is 1. The zero-order valence-electron chi connectivity index (χ0n) is 9.95. The topological polar surface area (TPSA) is 38.3 Å². The lowest BCUT2D eigenvalue weighted by Crippen LogP contribution is -2.17. The lowest BCUT2D eigenvalue weighted by Gasteiger charge is -2.10. The Bertz CT molecular complexity index is 336. The minimum Gasteiger partial charge on any atom is -0.465 e. The zero-order valence-corrected chi connectivity index (χ0v) is 9.95. The van der Waals surface area contributed by atoms with Gasteiger partial charge in [-0.05, 0) is 25.0 Å². The summed E-state index contributed by atoms with van der Waals surface area (Å²) in [6.07, 6.45) is 2.12. The van der Waals surface area contributed by atoms with Gasteiger partial charge in [0.25, 0.3) is 0 Å². The number of ether oxygens (including phenoxy) is 1. The Morgan fingerprint density at radius 2 is 2.06 bits per heavy atom. The fourth-order valence-electron chi connectivity index (χ4n) is 1.56. The standard InChI is InChI=1S/C13H19NO2/c1-3-7-11-8-5-6-9-12(11)14-10-13(15)16-4-2/h5-6,8-9,14H,3-4,7,10H2,1-2H3. The number of para-hydroxylation sites is 1. The Morgan fingerprint density at radius 3 is 2.75 bits per heavy atom. The maximum absolute atomic E-state index is 11.2. The second kappa shape index (κ2) is 6.88. The van der Waals surface area contributed by atoms with Gasteiger partial charge in [0, 0.05) is 5.69 Å². The van der Waals surface area contributed by atoms with E-state index in [1.165, 1.54) is 5.56 Å². The van der Waals surface area contributed by atoms with Gasteiger partial charge >= 0.3 is 5.97 Å². The molecule has 0 atom stereocenters. The van der Waals surface area contributed by atoms with Gasteiger partial charge in [0.2, 0.25) is 0 Å². The SMILES string of the molecule is CCCc1ccccc1NCC(=O)OCC. The van der Waals surface area contributed by atoms with Gasteiger partial charge in [-0.3, -0.25) is 4.79 Å². The smallest absolute Gasteiger partial charge is 0.325 e. The minimum atomic E-state index is -0.214. The summed E-state index contributed by atoms with van der Waals surface area (Å²) in [4.78, 5) is 11.2. The molecule has 16 heavy (non-hydrogen) atoms. The van der Waals surface area contributed by atoms with Gasteiger partial charge in [-0.25, -0.2) is 0 Å². The molecule has 1 N–H and O–H groups in total. The monoisotopic (exact) mass is 221 g/mol. The van der Waals surface area contributed by atoms with Crippen LogP contribution >= 0.6 is 0 Å². The molecule has 0 aliphatic rings. The highest BCUT2D eigenvalue weighted by Crippen LogP contribution is 2.16. The van der Waals surface area contributed by atoms with Gasteiger partial charge in [-0.15, -0.1) is 0 Å². The molecule has 0 radical (unpaired) electrons. The molecule has 0 bridgehead atoms. The molecule has 0 saturated heterocycles. The Morgan fingerprint density at radius 1 is 1.31 bits per heavy atom. The highest BCUT2D eigenvalue weighted by Gasteiger charge is 2.04. The summed E-state index contributed by atoms with van der Waals surface area (Å²) in [6, 6.07) is 8.05. The molecule has 0 fully saturated rings. The van der Waals surface area contributed by atoms with Crippen LogP contribution in [0.25, 0.3) is 0 Å². The fraction of sp³-hybridized carbons (Fsp3) is 0.462. The molecule has 3 heteroatoms. The van der Waals surface area contributed by atoms with Crippen LogP contribution in [0.5, 0.6) is 0 Å². The predicted octanol–water partition coefficient (Wildman–Crippen LogP) is 2.61. The number of hydrogen-bond donors (Lipinski definition) is 1. The van der Waals surface area contributed by atoms with Crippen molar-refractivity contribution in [1.29, 1.82) is 0 Å². The normalized spacial score (nSPS) is 9.88. The molecule has 0 unspecified atom stereocenters. The largest absolute Gasteiger partial charge is 0.465 e.